The molecule has 0 bridgehead atoms. The van der Waals surface area contributed by atoms with E-state index in [0.717, 1.165) is 13.1 Å². The van der Waals surface area contributed by atoms with Gasteiger partial charge >= 0.3 is 0 Å². The van der Waals surface area contributed by atoms with E-state index in [9.17, 15) is 0 Å². The highest BCUT2D eigenvalue weighted by Gasteiger charge is 2.35. The smallest absolute Gasteiger partial charge is 0.178 e. The van der Waals surface area contributed by atoms with E-state index in [4.69, 9.17) is 0 Å². The van der Waals surface area contributed by atoms with E-state index in [2.05, 4.69) is 88.5 Å². The fourth-order valence-corrected chi connectivity index (χ4v) is 6.45. The van der Waals surface area contributed by atoms with Crippen molar-refractivity contribution in [1.82, 2.24) is 4.67 Å². The Balaban J connectivity index is 1.95. The van der Waals surface area contributed by atoms with Crippen LogP contribution in [0.4, 0.5) is 11.4 Å². The molecule has 0 aromatic heterocycles. The second-order valence-electron chi connectivity index (χ2n) is 7.20. The number of anilines is 2. The number of benzene rings is 2. The van der Waals surface area contributed by atoms with Crippen LogP contribution < -0.4 is 9.34 Å². The molecule has 1 heterocycles. The van der Waals surface area contributed by atoms with Crippen molar-refractivity contribution < 1.29 is 0 Å². The molecule has 0 N–H and O–H groups in total. The molecule has 0 unspecified atom stereocenters. The van der Waals surface area contributed by atoms with Crippen molar-refractivity contribution in [3.8, 4) is 0 Å². The lowest BCUT2D eigenvalue weighted by molar-refractivity contribution is 0.424. The van der Waals surface area contributed by atoms with Crippen molar-refractivity contribution in [1.29, 1.82) is 0 Å². The predicted octanol–water partition coefficient (Wildman–Crippen LogP) is 6.53. The van der Waals surface area contributed by atoms with Crippen molar-refractivity contribution in [3.63, 3.8) is 0 Å². The van der Waals surface area contributed by atoms with Crippen LogP contribution in [0.25, 0.3) is 0 Å². The summed E-state index contributed by atoms with van der Waals surface area (Å²) >= 11 is 0. The van der Waals surface area contributed by atoms with E-state index < -0.39 is 8.37 Å². The number of unbranched alkanes of at least 4 members (excludes halogenated alkanes) is 2. The van der Waals surface area contributed by atoms with Crippen molar-refractivity contribution in [3.05, 3.63) is 60.7 Å². The molecule has 146 valence electrons. The molecule has 0 saturated carbocycles. The molecule has 27 heavy (non-hydrogen) atoms. The van der Waals surface area contributed by atoms with E-state index >= 15 is 0 Å². The zero-order valence-corrected chi connectivity index (χ0v) is 17.8. The molecular formula is C23H34N3P. The van der Waals surface area contributed by atoms with E-state index in [-0.39, 0.29) is 0 Å². The molecule has 1 aliphatic heterocycles. The molecule has 3 rings (SSSR count). The summed E-state index contributed by atoms with van der Waals surface area (Å²) in [6, 6.07) is 22.1. The number of rotatable bonds is 9. The number of para-hydroxylation sites is 2. The summed E-state index contributed by atoms with van der Waals surface area (Å²) in [6.07, 6.45) is 6.25. The fourth-order valence-electron chi connectivity index (χ4n) is 3.62. The van der Waals surface area contributed by atoms with Gasteiger partial charge in [-0.05, 0) is 43.5 Å². The van der Waals surface area contributed by atoms with Gasteiger partial charge in [-0.3, -0.25) is 0 Å². The lowest BCUT2D eigenvalue weighted by atomic mass is 10.3. The van der Waals surface area contributed by atoms with Crippen molar-refractivity contribution in [2.45, 2.75) is 46.0 Å². The Morgan fingerprint density at radius 3 is 1.59 bits per heavy atom. The lowest BCUT2D eigenvalue weighted by Crippen LogP contribution is -2.44. The van der Waals surface area contributed by atoms with Crippen LogP contribution in [0.2, 0.25) is 0 Å². The zero-order chi connectivity index (χ0) is 18.9. The van der Waals surface area contributed by atoms with Gasteiger partial charge in [-0.15, -0.1) is 0 Å². The van der Waals surface area contributed by atoms with Crippen LogP contribution in [0.1, 0.15) is 46.0 Å². The first-order valence-electron chi connectivity index (χ1n) is 10.5. The standard InChI is InChI=1S/C23H34N3P/c1-3-5-18-24(19-6-4-2)27-25(22-14-9-7-10-15-22)20-13-21-26(27)23-16-11-8-12-17-23/h7-12,14-17H,3-6,13,18-21H2,1-2H3. The minimum Gasteiger partial charge on any atom is -0.321 e. The van der Waals surface area contributed by atoms with Crippen LogP contribution in [0.5, 0.6) is 0 Å². The Hall–Kier alpha value is -1.57. The van der Waals surface area contributed by atoms with Gasteiger partial charge in [0.1, 0.15) is 0 Å². The minimum absolute atomic E-state index is 0.538. The van der Waals surface area contributed by atoms with E-state index in [1.807, 2.05) is 0 Å². The normalized spacial score (nSPS) is 15.5. The number of hydrogen-bond acceptors (Lipinski definition) is 3. The summed E-state index contributed by atoms with van der Waals surface area (Å²) in [5.74, 6) is 0. The second kappa shape index (κ2) is 10.7. The molecule has 4 heteroatoms. The topological polar surface area (TPSA) is 9.72 Å². The van der Waals surface area contributed by atoms with Crippen LogP contribution in [0.3, 0.4) is 0 Å². The highest BCUT2D eigenvalue weighted by Crippen LogP contribution is 2.54. The van der Waals surface area contributed by atoms with Gasteiger partial charge in [0.15, 0.2) is 8.37 Å². The summed E-state index contributed by atoms with van der Waals surface area (Å²) in [4.78, 5) is 0. The number of nitrogens with zero attached hydrogens (tertiary/aromatic N) is 3. The van der Waals surface area contributed by atoms with Gasteiger partial charge < -0.3 is 9.34 Å². The Morgan fingerprint density at radius 2 is 1.19 bits per heavy atom. The molecule has 0 atom stereocenters. The van der Waals surface area contributed by atoms with Gasteiger partial charge in [0.25, 0.3) is 0 Å². The summed E-state index contributed by atoms with van der Waals surface area (Å²) < 4.78 is 8.13. The highest BCUT2D eigenvalue weighted by atomic mass is 31.2. The van der Waals surface area contributed by atoms with Crippen LogP contribution in [-0.4, -0.2) is 30.8 Å². The highest BCUT2D eigenvalue weighted by molar-refractivity contribution is 7.58. The SMILES string of the molecule is CCCCN(CCCC)P1N(c2ccccc2)CCCN1c1ccccc1. The fraction of sp³-hybridized carbons (Fsp3) is 0.478. The predicted molar refractivity (Wildman–Crippen MR) is 121 cm³/mol. The maximum Gasteiger partial charge on any atom is 0.178 e. The summed E-state index contributed by atoms with van der Waals surface area (Å²) in [6.45, 7) is 9.28. The van der Waals surface area contributed by atoms with Gasteiger partial charge in [-0.25, -0.2) is 4.67 Å². The molecule has 3 nitrogen and oxygen atoms in total. The van der Waals surface area contributed by atoms with Gasteiger partial charge in [-0.2, -0.15) is 0 Å². The Labute approximate surface area is 166 Å². The zero-order valence-electron chi connectivity index (χ0n) is 16.9. The van der Waals surface area contributed by atoms with E-state index in [1.54, 1.807) is 0 Å². The largest absolute Gasteiger partial charge is 0.321 e. The van der Waals surface area contributed by atoms with E-state index in [1.165, 1.54) is 56.6 Å². The summed E-state index contributed by atoms with van der Waals surface area (Å²) in [5.41, 5.74) is 2.73. The summed E-state index contributed by atoms with van der Waals surface area (Å²) in [7, 11) is -0.538. The maximum absolute atomic E-state index is 2.78. The molecule has 2 aromatic carbocycles. The quantitative estimate of drug-likeness (QED) is 0.456. The molecule has 0 aliphatic carbocycles. The third kappa shape index (κ3) is 5.24. The molecule has 0 amide bonds. The third-order valence-electron chi connectivity index (χ3n) is 5.07. The maximum atomic E-state index is 2.78. The second-order valence-corrected chi connectivity index (χ2v) is 9.27. The first-order chi connectivity index (χ1) is 13.3. The average Bonchev–Trinajstić information content (AvgIpc) is 2.75. The first kappa shape index (κ1) is 20.2. The molecular weight excluding hydrogens is 349 g/mol. The Kier molecular flexibility index (Phi) is 7.98. The number of hydrogen-bond donors (Lipinski definition) is 0. The van der Waals surface area contributed by atoms with Gasteiger partial charge in [0.2, 0.25) is 0 Å². The molecule has 2 aromatic rings. The molecule has 0 radical (unpaired) electrons. The van der Waals surface area contributed by atoms with Crippen molar-refractivity contribution in [2.75, 3.05) is 35.5 Å². The van der Waals surface area contributed by atoms with Gasteiger partial charge in [0.05, 0.1) is 0 Å². The average molecular weight is 384 g/mol. The van der Waals surface area contributed by atoms with Crippen LogP contribution in [-0.2, 0) is 0 Å². The molecule has 1 saturated heterocycles. The Morgan fingerprint density at radius 1 is 0.741 bits per heavy atom. The Bertz CT molecular complexity index is 594. The minimum atomic E-state index is -0.538. The van der Waals surface area contributed by atoms with Gasteiger partial charge in [-0.1, -0.05) is 63.1 Å². The van der Waals surface area contributed by atoms with E-state index in [0.29, 0.717) is 0 Å². The lowest BCUT2D eigenvalue weighted by Gasteiger charge is -2.50. The monoisotopic (exact) mass is 383 g/mol. The van der Waals surface area contributed by atoms with Crippen molar-refractivity contribution in [2.24, 2.45) is 0 Å². The molecule has 0 spiro atoms. The van der Waals surface area contributed by atoms with Crippen LogP contribution in [0, 0.1) is 0 Å². The summed E-state index contributed by atoms with van der Waals surface area (Å²) in [5, 5.41) is 0. The van der Waals surface area contributed by atoms with Crippen molar-refractivity contribution >= 4 is 19.7 Å². The van der Waals surface area contributed by atoms with Crippen LogP contribution >= 0.6 is 8.37 Å². The molecule has 1 fully saturated rings. The van der Waals surface area contributed by atoms with Crippen LogP contribution in [0.15, 0.2) is 60.7 Å². The molecule has 1 aliphatic rings. The first-order valence-corrected chi connectivity index (χ1v) is 11.7. The third-order valence-corrected chi connectivity index (χ3v) is 7.70. The van der Waals surface area contributed by atoms with Gasteiger partial charge in [0, 0.05) is 37.6 Å².